The second-order valence-corrected chi connectivity index (χ2v) is 9.39. The van der Waals surface area contributed by atoms with E-state index in [1.54, 1.807) is 26.1 Å². The van der Waals surface area contributed by atoms with Crippen molar-refractivity contribution in [3.63, 3.8) is 0 Å². The fraction of sp³-hybridized carbons (Fsp3) is 0.458. The highest BCUT2D eigenvalue weighted by atomic mass is 19.4. The summed E-state index contributed by atoms with van der Waals surface area (Å²) in [5, 5.41) is 11.6. The standard InChI is InChI=1S/C24H27F4N3O/c1-22(2,17-5-7-18(25)8-6-17)15-23(32,24(26,27)28)13-19-11-16-12-21(29-14-20(16)30-19)31-9-3-4-10-31/h5-8,11-12,14,30,32H,3-4,9-10,13,15H2,1-2H3. The minimum atomic E-state index is -4.85. The maximum atomic E-state index is 14.1. The molecule has 1 fully saturated rings. The van der Waals surface area contributed by atoms with Crippen molar-refractivity contribution >= 4 is 16.7 Å². The van der Waals surface area contributed by atoms with Crippen LogP contribution < -0.4 is 4.90 Å². The maximum absolute atomic E-state index is 14.1. The molecule has 0 aliphatic carbocycles. The van der Waals surface area contributed by atoms with Crippen molar-refractivity contribution in [3.05, 3.63) is 59.7 Å². The van der Waals surface area contributed by atoms with Gasteiger partial charge in [-0.1, -0.05) is 26.0 Å². The fourth-order valence-corrected chi connectivity index (χ4v) is 4.61. The second kappa shape index (κ2) is 8.06. The number of aromatic amines is 1. The van der Waals surface area contributed by atoms with Crippen LogP contribution in [-0.4, -0.2) is 39.9 Å². The van der Waals surface area contributed by atoms with Gasteiger partial charge in [-0.2, -0.15) is 13.2 Å². The van der Waals surface area contributed by atoms with Crippen LogP contribution in [0, 0.1) is 5.82 Å². The Bertz CT molecular complexity index is 1080. The van der Waals surface area contributed by atoms with Crippen LogP contribution in [0.15, 0.2) is 42.6 Å². The van der Waals surface area contributed by atoms with Gasteiger partial charge in [-0.15, -0.1) is 0 Å². The Morgan fingerprint density at radius 1 is 1.06 bits per heavy atom. The molecule has 3 aromatic rings. The highest BCUT2D eigenvalue weighted by Gasteiger charge is 2.56. The molecule has 1 atom stereocenters. The summed E-state index contributed by atoms with van der Waals surface area (Å²) in [5.74, 6) is 0.347. The van der Waals surface area contributed by atoms with Crippen LogP contribution >= 0.6 is 0 Å². The smallest absolute Gasteiger partial charge is 0.380 e. The average molecular weight is 449 g/mol. The number of halogens is 4. The van der Waals surface area contributed by atoms with Crippen LogP contribution in [0.25, 0.3) is 10.9 Å². The molecular weight excluding hydrogens is 422 g/mol. The molecular formula is C24H27F4N3O. The predicted molar refractivity (Wildman–Crippen MR) is 116 cm³/mol. The predicted octanol–water partition coefficient (Wildman–Crippen LogP) is 5.51. The number of nitrogens with one attached hydrogen (secondary N) is 1. The van der Waals surface area contributed by atoms with Crippen LogP contribution in [0.5, 0.6) is 0 Å². The lowest BCUT2D eigenvalue weighted by Crippen LogP contribution is -2.50. The van der Waals surface area contributed by atoms with Gasteiger partial charge in [0.2, 0.25) is 0 Å². The third-order valence-electron chi connectivity index (χ3n) is 6.35. The van der Waals surface area contributed by atoms with Crippen molar-refractivity contribution in [3.8, 4) is 0 Å². The van der Waals surface area contributed by atoms with Crippen molar-refractivity contribution in [1.29, 1.82) is 0 Å². The molecule has 2 N–H and O–H groups in total. The summed E-state index contributed by atoms with van der Waals surface area (Å²) in [6.45, 7) is 5.08. The van der Waals surface area contributed by atoms with Gasteiger partial charge in [0.25, 0.3) is 0 Å². The first-order valence-corrected chi connectivity index (χ1v) is 10.7. The molecule has 172 valence electrons. The number of aliphatic hydroxyl groups is 1. The summed E-state index contributed by atoms with van der Waals surface area (Å²) >= 11 is 0. The number of alkyl halides is 3. The summed E-state index contributed by atoms with van der Waals surface area (Å²) < 4.78 is 55.5. The molecule has 3 heterocycles. The van der Waals surface area contributed by atoms with E-state index in [9.17, 15) is 22.7 Å². The lowest BCUT2D eigenvalue weighted by atomic mass is 9.73. The normalized spacial score (nSPS) is 17.2. The summed E-state index contributed by atoms with van der Waals surface area (Å²) in [7, 11) is 0. The molecule has 1 aromatic carbocycles. The number of nitrogens with zero attached hydrogens (tertiary/aromatic N) is 2. The topological polar surface area (TPSA) is 52.1 Å². The van der Waals surface area contributed by atoms with Crippen molar-refractivity contribution in [2.45, 2.75) is 56.7 Å². The molecule has 8 heteroatoms. The Morgan fingerprint density at radius 2 is 1.72 bits per heavy atom. The maximum Gasteiger partial charge on any atom is 0.417 e. The molecule has 0 saturated carbocycles. The number of benzene rings is 1. The van der Waals surface area contributed by atoms with Crippen molar-refractivity contribution in [1.82, 2.24) is 9.97 Å². The molecule has 0 spiro atoms. The number of rotatable bonds is 6. The summed E-state index contributed by atoms with van der Waals surface area (Å²) in [4.78, 5) is 9.57. The molecule has 1 aliphatic heterocycles. The van der Waals surface area contributed by atoms with E-state index in [1.807, 2.05) is 6.07 Å². The van der Waals surface area contributed by atoms with E-state index in [-0.39, 0.29) is 5.69 Å². The SMILES string of the molecule is CC(C)(CC(O)(Cc1cc2cc(N3CCCC3)ncc2[nH]1)C(F)(F)F)c1ccc(F)cc1. The van der Waals surface area contributed by atoms with E-state index < -0.39 is 35.9 Å². The van der Waals surface area contributed by atoms with Gasteiger partial charge in [-0.25, -0.2) is 9.37 Å². The Labute approximate surface area is 184 Å². The highest BCUT2D eigenvalue weighted by molar-refractivity contribution is 5.82. The second-order valence-electron chi connectivity index (χ2n) is 9.39. The first kappa shape index (κ1) is 22.6. The molecule has 1 saturated heterocycles. The molecule has 0 radical (unpaired) electrons. The number of hydrogen-bond donors (Lipinski definition) is 2. The van der Waals surface area contributed by atoms with Crippen LogP contribution in [0.4, 0.5) is 23.4 Å². The summed E-state index contributed by atoms with van der Waals surface area (Å²) in [6.07, 6.45) is -2.21. The molecule has 1 unspecified atom stereocenters. The minimum Gasteiger partial charge on any atom is -0.380 e. The van der Waals surface area contributed by atoms with E-state index in [2.05, 4.69) is 14.9 Å². The van der Waals surface area contributed by atoms with Gasteiger partial charge < -0.3 is 15.0 Å². The number of aromatic nitrogens is 2. The zero-order valence-corrected chi connectivity index (χ0v) is 18.1. The minimum absolute atomic E-state index is 0.287. The number of H-pyrrole nitrogens is 1. The fourth-order valence-electron chi connectivity index (χ4n) is 4.61. The summed E-state index contributed by atoms with van der Waals surface area (Å²) in [5.41, 5.74) is -2.55. The molecule has 4 nitrogen and oxygen atoms in total. The molecule has 0 amide bonds. The van der Waals surface area contributed by atoms with Gasteiger partial charge in [-0.3, -0.25) is 0 Å². The van der Waals surface area contributed by atoms with Crippen molar-refractivity contribution in [2.24, 2.45) is 0 Å². The van der Waals surface area contributed by atoms with Gasteiger partial charge in [0.1, 0.15) is 11.6 Å². The van der Waals surface area contributed by atoms with E-state index in [4.69, 9.17) is 0 Å². The van der Waals surface area contributed by atoms with Gasteiger partial charge >= 0.3 is 6.18 Å². The third kappa shape index (κ3) is 4.46. The number of hydrogen-bond acceptors (Lipinski definition) is 3. The molecule has 32 heavy (non-hydrogen) atoms. The average Bonchev–Trinajstić information content (AvgIpc) is 3.35. The van der Waals surface area contributed by atoms with Crippen LogP contribution in [0.1, 0.15) is 44.4 Å². The van der Waals surface area contributed by atoms with E-state index in [0.717, 1.165) is 37.1 Å². The summed E-state index contributed by atoms with van der Waals surface area (Å²) in [6, 6.07) is 8.87. The van der Waals surface area contributed by atoms with Gasteiger partial charge in [0.15, 0.2) is 5.60 Å². The van der Waals surface area contributed by atoms with Gasteiger partial charge in [0.05, 0.1) is 11.7 Å². The van der Waals surface area contributed by atoms with Crippen LogP contribution in [0.2, 0.25) is 0 Å². The lowest BCUT2D eigenvalue weighted by molar-refractivity contribution is -0.266. The molecule has 0 bridgehead atoms. The number of pyridine rings is 1. The van der Waals surface area contributed by atoms with Gasteiger partial charge in [-0.05, 0) is 54.5 Å². The lowest BCUT2D eigenvalue weighted by Gasteiger charge is -2.38. The Hall–Kier alpha value is -2.61. The number of anilines is 1. The van der Waals surface area contributed by atoms with Crippen LogP contribution in [-0.2, 0) is 11.8 Å². The van der Waals surface area contributed by atoms with Gasteiger partial charge in [0, 0.05) is 30.6 Å². The quantitative estimate of drug-likeness (QED) is 0.488. The number of fused-ring (bicyclic) bond motifs is 1. The zero-order chi connectivity index (χ0) is 23.1. The van der Waals surface area contributed by atoms with Crippen LogP contribution in [0.3, 0.4) is 0 Å². The largest absolute Gasteiger partial charge is 0.417 e. The van der Waals surface area contributed by atoms with Crippen molar-refractivity contribution < 1.29 is 22.7 Å². The Kier molecular flexibility index (Phi) is 5.69. The first-order valence-electron chi connectivity index (χ1n) is 10.7. The monoisotopic (exact) mass is 449 g/mol. The third-order valence-corrected chi connectivity index (χ3v) is 6.35. The highest BCUT2D eigenvalue weighted by Crippen LogP contribution is 2.43. The Balaban J connectivity index is 1.62. The molecule has 2 aromatic heterocycles. The van der Waals surface area contributed by atoms with E-state index in [0.29, 0.717) is 11.1 Å². The van der Waals surface area contributed by atoms with Crippen molar-refractivity contribution in [2.75, 3.05) is 18.0 Å². The first-order chi connectivity index (χ1) is 15.0. The zero-order valence-electron chi connectivity index (χ0n) is 18.1. The molecule has 4 rings (SSSR count). The molecule has 1 aliphatic rings. The van der Waals surface area contributed by atoms with E-state index >= 15 is 0 Å². The van der Waals surface area contributed by atoms with E-state index in [1.165, 1.54) is 24.3 Å². The Morgan fingerprint density at radius 3 is 2.34 bits per heavy atom.